The number of anilines is 1. The van der Waals surface area contributed by atoms with Crippen molar-refractivity contribution in [3.05, 3.63) is 53.6 Å². The van der Waals surface area contributed by atoms with Gasteiger partial charge in [0.2, 0.25) is 59.1 Å². The highest BCUT2D eigenvalue weighted by Crippen LogP contribution is 2.34. The summed E-state index contributed by atoms with van der Waals surface area (Å²) < 4.78 is 36.8. The highest BCUT2D eigenvalue weighted by atomic mass is 32.2. The Morgan fingerprint density at radius 2 is 1.48 bits per heavy atom. The lowest BCUT2D eigenvalue weighted by Gasteiger charge is -2.31. The van der Waals surface area contributed by atoms with Gasteiger partial charge in [0.25, 0.3) is 0 Å². The number of aromatic nitrogens is 1. The molecule has 2 bridgehead atoms. The molecule has 7 rings (SSSR count). The van der Waals surface area contributed by atoms with Crippen molar-refractivity contribution in [2.24, 2.45) is 47.2 Å². The SMILES string of the molecule is CC[C@H](C)[C@@H]1NC(=O)CNC(=O)[C@H]2CC(=O)[C@H]([C@@H](C)[C@@H](O)CO)NC(=O)[C@@H]3CC(O)CN3CC(=O)[C@H](CC(N)=O)CC(=O)[C@H](CS(=O)(=O)c3[nH]c4cc(OCc5ccc(NC(=O)[C@H](C)CC(=O)[C@@H](NC(=O)CCN6C(=O)CC(C)C6=O)C(C)C)cc5)ccc4c3C2)NC(=O)CNC1=O. The monoisotopic (exact) mass is 1390 g/mol. The molecule has 4 aliphatic heterocycles. The number of H-pyrrole nitrogens is 1. The van der Waals surface area contributed by atoms with Crippen molar-refractivity contribution >= 4 is 109 Å². The summed E-state index contributed by atoms with van der Waals surface area (Å²) >= 11 is 0. The van der Waals surface area contributed by atoms with Crippen molar-refractivity contribution in [2.45, 2.75) is 160 Å². The summed E-state index contributed by atoms with van der Waals surface area (Å²) in [6.45, 7) is 7.47. The van der Waals surface area contributed by atoms with E-state index in [1.165, 1.54) is 30.0 Å². The first-order valence-electron chi connectivity index (χ1n) is 32.8. The molecule has 1 aromatic heterocycles. The number of amides is 10. The van der Waals surface area contributed by atoms with Crippen molar-refractivity contribution in [2.75, 3.05) is 50.4 Å². The number of aliphatic hydroxyl groups is 3. The zero-order valence-electron chi connectivity index (χ0n) is 55.8. The molecular formula is C66H89N11O20S. The van der Waals surface area contributed by atoms with Crippen LogP contribution in [0.2, 0.25) is 0 Å². The Morgan fingerprint density at radius 1 is 0.806 bits per heavy atom. The van der Waals surface area contributed by atoms with E-state index < -0.39 is 221 Å². The number of aliphatic hydroxyl groups excluding tert-OH is 3. The van der Waals surface area contributed by atoms with Crippen molar-refractivity contribution in [1.82, 2.24) is 46.7 Å². The number of nitrogens with one attached hydrogen (secondary N) is 8. The van der Waals surface area contributed by atoms with Crippen LogP contribution < -0.4 is 47.7 Å². The molecule has 32 heteroatoms. The van der Waals surface area contributed by atoms with Gasteiger partial charge in [0.1, 0.15) is 29.5 Å². The number of benzene rings is 2. The summed E-state index contributed by atoms with van der Waals surface area (Å²) in [5, 5.41) is 49.3. The molecular weight excluding hydrogens is 1300 g/mol. The molecule has 5 heterocycles. The van der Waals surface area contributed by atoms with Crippen LogP contribution in [0.25, 0.3) is 10.9 Å². The van der Waals surface area contributed by atoms with Crippen LogP contribution in [0.3, 0.4) is 0 Å². The van der Waals surface area contributed by atoms with Gasteiger partial charge in [0.15, 0.2) is 33.0 Å². The maximum atomic E-state index is 15.3. The van der Waals surface area contributed by atoms with E-state index in [1.54, 1.807) is 65.8 Å². The minimum Gasteiger partial charge on any atom is -0.489 e. The van der Waals surface area contributed by atoms with E-state index in [9.17, 15) is 82.4 Å². The Balaban J connectivity index is 1.21. The number of imide groups is 1. The van der Waals surface area contributed by atoms with Gasteiger partial charge in [0.05, 0.1) is 67.8 Å². The minimum absolute atomic E-state index is 0.0512. The molecule has 2 aromatic carbocycles. The number of Topliss-reactive ketones (excluding diaryl/α,β-unsaturated/α-hetero) is 4. The fraction of sp³-hybridized carbons (Fsp3) is 0.576. The average molecular weight is 1390 g/mol. The fourth-order valence-electron chi connectivity index (χ4n) is 12.4. The first kappa shape index (κ1) is 76.5. The van der Waals surface area contributed by atoms with Gasteiger partial charge in [-0.1, -0.05) is 67.0 Å². The normalized spacial score (nSPS) is 25.1. The lowest BCUT2D eigenvalue weighted by Crippen LogP contribution is -2.55. The van der Waals surface area contributed by atoms with Gasteiger partial charge in [-0.05, 0) is 60.1 Å². The predicted octanol–water partition coefficient (Wildman–Crippen LogP) is -1.70. The van der Waals surface area contributed by atoms with Crippen LogP contribution in [0, 0.1) is 41.4 Å². The number of likely N-dealkylation sites (tertiary alicyclic amines) is 1. The summed E-state index contributed by atoms with van der Waals surface area (Å²) in [6, 6.07) is 3.35. The Bertz CT molecular complexity index is 3690. The first-order chi connectivity index (χ1) is 46.2. The van der Waals surface area contributed by atoms with Crippen molar-refractivity contribution in [3.8, 4) is 5.75 Å². The molecule has 10 amide bonds. The Hall–Kier alpha value is -8.85. The number of nitrogens with two attached hydrogens (primary N) is 1. The third-order valence-corrected chi connectivity index (χ3v) is 20.2. The number of carbonyl (C=O) groups is 14. The maximum absolute atomic E-state index is 15.3. The van der Waals surface area contributed by atoms with Crippen molar-refractivity contribution in [1.29, 1.82) is 0 Å². The number of ketones is 4. The van der Waals surface area contributed by atoms with Crippen LogP contribution in [0.1, 0.15) is 111 Å². The van der Waals surface area contributed by atoms with E-state index >= 15 is 8.42 Å². The number of aromatic amines is 1. The molecule has 0 aliphatic carbocycles. The third kappa shape index (κ3) is 19.7. The molecule has 31 nitrogen and oxygen atoms in total. The van der Waals surface area contributed by atoms with Crippen LogP contribution in [0.5, 0.6) is 5.75 Å². The molecule has 0 saturated carbocycles. The van der Waals surface area contributed by atoms with Crippen LogP contribution in [0.15, 0.2) is 47.5 Å². The van der Waals surface area contributed by atoms with E-state index in [1.807, 2.05) is 0 Å². The number of rotatable bonds is 20. The Morgan fingerprint density at radius 3 is 2.11 bits per heavy atom. The molecule has 2 unspecified atom stereocenters. The van der Waals surface area contributed by atoms with Crippen LogP contribution in [0.4, 0.5) is 5.69 Å². The summed E-state index contributed by atoms with van der Waals surface area (Å²) in [6.07, 6.45) is -6.47. The molecule has 98 heavy (non-hydrogen) atoms. The summed E-state index contributed by atoms with van der Waals surface area (Å²) in [4.78, 5) is 197. The summed E-state index contributed by atoms with van der Waals surface area (Å²) in [7, 11) is -4.99. The Kier molecular flexibility index (Phi) is 26.2. The van der Waals surface area contributed by atoms with Crippen molar-refractivity contribution in [3.63, 3.8) is 0 Å². The average Bonchev–Trinajstić information content (AvgIpc) is 1.58. The number of primary amides is 1. The molecule has 2 saturated heterocycles. The van der Waals surface area contributed by atoms with Crippen molar-refractivity contribution < 1.29 is 95.6 Å². The van der Waals surface area contributed by atoms with E-state index in [4.69, 9.17) is 10.5 Å². The highest BCUT2D eigenvalue weighted by molar-refractivity contribution is 7.91. The highest BCUT2D eigenvalue weighted by Gasteiger charge is 2.44. The second kappa shape index (κ2) is 33.6. The molecule has 4 aliphatic rings. The molecule has 3 aromatic rings. The van der Waals surface area contributed by atoms with Gasteiger partial charge in [-0.2, -0.15) is 0 Å². The first-order valence-corrected chi connectivity index (χ1v) is 34.4. The summed E-state index contributed by atoms with van der Waals surface area (Å²) in [5.74, 6) is -18.9. The lowest BCUT2D eigenvalue weighted by molar-refractivity contribution is -0.140. The lowest BCUT2D eigenvalue weighted by atomic mass is 9.85. The molecule has 0 spiro atoms. The standard InChI is InChI=1S/C66H89N11O20S/c1-8-33(4)59-64(93)69-25-55(87)71-46-31-98(95,96)65-44(19-39(62(91)68-26-56(88)74-59)21-50(82)60(36(7)52(84)29-78)75-63(92)47-23-41(79)27-76(47)28-51(83)38(20-48(46)80)22-53(67)85)43-14-13-42(24-45(43)72-65)97-30-37-9-11-40(12-10-37)70-61(90)34(5)17-49(81)58(32(2)3)73-54(86)15-16-77-57(89)18-35(6)66(77)94/h9-14,24,32-36,38-39,41,46-47,52,58-60,72,78-79,84H,8,15-23,25-31H2,1-7H3,(H2,67,85)(H,68,91)(H,69,93)(H,70,90)(H,71,87)(H,73,86)(H,74,88)(H,75,92)/t33-,34+,35?,36-,38-,39+,41?,46-,47-,52-,58-,59-,60-/m0/s1. The predicted molar refractivity (Wildman–Crippen MR) is 349 cm³/mol. The Labute approximate surface area is 565 Å². The second-order valence-corrected chi connectivity index (χ2v) is 28.5. The van der Waals surface area contributed by atoms with E-state index in [2.05, 4.69) is 42.2 Å². The zero-order valence-corrected chi connectivity index (χ0v) is 56.6. The van der Waals surface area contributed by atoms with Gasteiger partial charge in [-0.15, -0.1) is 0 Å². The number of hydrogen-bond acceptors (Lipinski definition) is 21. The van der Waals surface area contributed by atoms with Crippen LogP contribution in [-0.4, -0.2) is 208 Å². The third-order valence-electron chi connectivity index (χ3n) is 18.5. The number of fused-ring (bicyclic) bond motifs is 5. The molecule has 13 N–H and O–H groups in total. The van der Waals surface area contributed by atoms with Gasteiger partial charge >= 0.3 is 0 Å². The largest absolute Gasteiger partial charge is 0.489 e. The number of sulfone groups is 1. The van der Waals surface area contributed by atoms with E-state index in [0.29, 0.717) is 17.7 Å². The molecule has 534 valence electrons. The number of carbonyl (C=O) groups excluding carboxylic acids is 14. The van der Waals surface area contributed by atoms with Crippen LogP contribution >= 0.6 is 0 Å². The quantitative estimate of drug-likeness (QED) is 0.0561. The number of nitrogens with zero attached hydrogens (tertiary/aromatic N) is 2. The van der Waals surface area contributed by atoms with Gasteiger partial charge in [0, 0.05) is 98.3 Å². The summed E-state index contributed by atoms with van der Waals surface area (Å²) in [5.41, 5.74) is 6.41. The second-order valence-electron chi connectivity index (χ2n) is 26.5. The topological polar surface area (TPSA) is 476 Å². The maximum Gasteiger partial charge on any atom is 0.243 e. The molecule has 0 radical (unpaired) electrons. The fourth-order valence-corrected chi connectivity index (χ4v) is 14.2. The van der Waals surface area contributed by atoms with E-state index in [0.717, 1.165) is 4.90 Å². The number of ether oxygens (including phenoxy) is 1. The van der Waals surface area contributed by atoms with Gasteiger partial charge in [-0.25, -0.2) is 8.42 Å². The van der Waals surface area contributed by atoms with Gasteiger partial charge in [-0.3, -0.25) is 76.9 Å². The zero-order chi connectivity index (χ0) is 72.2. The molecule has 2 fully saturated rings. The van der Waals surface area contributed by atoms with Crippen LogP contribution in [-0.2, 0) is 90.0 Å². The van der Waals surface area contributed by atoms with Gasteiger partial charge < -0.3 is 68.0 Å². The van der Waals surface area contributed by atoms with E-state index in [-0.39, 0.29) is 85.3 Å². The number of hydrogen-bond donors (Lipinski definition) is 12. The molecule has 13 atom stereocenters. The smallest absolute Gasteiger partial charge is 0.243 e. The minimum atomic E-state index is -4.99.